The number of carbonyl (C=O) groups excluding carboxylic acids is 1. The Hall–Kier alpha value is -2.93. The summed E-state index contributed by atoms with van der Waals surface area (Å²) < 4.78 is 28.4. The van der Waals surface area contributed by atoms with Crippen molar-refractivity contribution in [1.29, 1.82) is 0 Å². The molecule has 1 heterocycles. The van der Waals surface area contributed by atoms with E-state index >= 15 is 0 Å². The summed E-state index contributed by atoms with van der Waals surface area (Å²) in [7, 11) is 0. The predicted molar refractivity (Wildman–Crippen MR) is 114 cm³/mol. The van der Waals surface area contributed by atoms with Crippen LogP contribution in [0.1, 0.15) is 25.8 Å². The van der Waals surface area contributed by atoms with Gasteiger partial charge in [0.15, 0.2) is 0 Å². The number of hydrogen-bond acceptors (Lipinski definition) is 4. The van der Waals surface area contributed by atoms with Gasteiger partial charge in [-0.05, 0) is 56.4 Å². The number of carbonyl (C=O) groups is 1. The van der Waals surface area contributed by atoms with Gasteiger partial charge in [0.05, 0.1) is 16.9 Å². The van der Waals surface area contributed by atoms with Gasteiger partial charge >= 0.3 is 0 Å². The van der Waals surface area contributed by atoms with E-state index in [9.17, 15) is 13.6 Å². The Morgan fingerprint density at radius 3 is 2.62 bits per heavy atom. The Bertz CT molecular complexity index is 910. The molecule has 3 N–H and O–H groups in total. The molecular formula is C22H26F2N4O. The van der Waals surface area contributed by atoms with Crippen molar-refractivity contribution in [2.45, 2.75) is 20.3 Å². The molecule has 0 aromatic heterocycles. The lowest BCUT2D eigenvalue weighted by molar-refractivity contribution is -0.110. The summed E-state index contributed by atoms with van der Waals surface area (Å²) in [4.78, 5) is 14.4. The zero-order valence-electron chi connectivity index (χ0n) is 16.7. The molecule has 2 aromatic rings. The molecule has 3 rings (SSSR count). The number of amides is 1. The second-order valence-corrected chi connectivity index (χ2v) is 6.82. The van der Waals surface area contributed by atoms with Gasteiger partial charge in [-0.1, -0.05) is 19.9 Å². The van der Waals surface area contributed by atoms with Gasteiger partial charge in [0.1, 0.15) is 11.6 Å². The molecule has 0 bridgehead atoms. The van der Waals surface area contributed by atoms with Crippen LogP contribution in [-0.2, 0) is 4.79 Å². The maximum Gasteiger partial charge on any atom is 0.257 e. The third-order valence-electron chi connectivity index (χ3n) is 4.99. The average Bonchev–Trinajstić information content (AvgIpc) is 3.04. The molecular weight excluding hydrogens is 374 g/mol. The monoisotopic (exact) mass is 400 g/mol. The maximum atomic E-state index is 14.4. The summed E-state index contributed by atoms with van der Waals surface area (Å²) in [6, 6.07) is 9.18. The topological polar surface area (TPSA) is 56.4 Å². The molecule has 0 saturated heterocycles. The molecule has 0 saturated carbocycles. The van der Waals surface area contributed by atoms with Gasteiger partial charge in [0, 0.05) is 24.0 Å². The summed E-state index contributed by atoms with van der Waals surface area (Å²) >= 11 is 0. The Labute approximate surface area is 169 Å². The van der Waals surface area contributed by atoms with Crippen molar-refractivity contribution in [2.24, 2.45) is 0 Å². The summed E-state index contributed by atoms with van der Waals surface area (Å²) in [5, 5.41) is 8.61. The van der Waals surface area contributed by atoms with Crippen molar-refractivity contribution in [2.75, 3.05) is 42.1 Å². The van der Waals surface area contributed by atoms with Gasteiger partial charge in [-0.2, -0.15) is 0 Å². The molecule has 1 aliphatic heterocycles. The van der Waals surface area contributed by atoms with Crippen molar-refractivity contribution in [3.63, 3.8) is 0 Å². The summed E-state index contributed by atoms with van der Waals surface area (Å²) in [6.45, 7) is 7.91. The molecule has 0 radical (unpaired) electrons. The van der Waals surface area contributed by atoms with Gasteiger partial charge in [-0.15, -0.1) is 0 Å². The van der Waals surface area contributed by atoms with Gasteiger partial charge < -0.3 is 20.9 Å². The number of anilines is 3. The van der Waals surface area contributed by atoms with Crippen molar-refractivity contribution >= 4 is 28.5 Å². The summed E-state index contributed by atoms with van der Waals surface area (Å²) in [5.74, 6) is -1.27. The van der Waals surface area contributed by atoms with Crippen LogP contribution in [-0.4, -0.2) is 37.0 Å². The third-order valence-corrected chi connectivity index (χ3v) is 4.99. The Morgan fingerprint density at radius 2 is 1.90 bits per heavy atom. The molecule has 0 aliphatic carbocycles. The molecule has 1 aliphatic rings. The zero-order valence-corrected chi connectivity index (χ0v) is 16.7. The Balaban J connectivity index is 1.62. The fourth-order valence-corrected chi connectivity index (χ4v) is 3.31. The number of rotatable bonds is 9. The van der Waals surface area contributed by atoms with Crippen molar-refractivity contribution in [1.82, 2.24) is 4.90 Å². The first kappa shape index (κ1) is 20.8. The Kier molecular flexibility index (Phi) is 6.82. The lowest BCUT2D eigenvalue weighted by Crippen LogP contribution is -2.25. The van der Waals surface area contributed by atoms with Gasteiger partial charge in [-0.25, -0.2) is 8.78 Å². The van der Waals surface area contributed by atoms with E-state index in [-0.39, 0.29) is 11.1 Å². The van der Waals surface area contributed by atoms with E-state index < -0.39 is 17.5 Å². The van der Waals surface area contributed by atoms with Crippen molar-refractivity contribution < 1.29 is 13.6 Å². The van der Waals surface area contributed by atoms with E-state index in [1.54, 1.807) is 18.2 Å². The Morgan fingerprint density at radius 1 is 1.10 bits per heavy atom. The molecule has 0 atom stereocenters. The molecule has 0 spiro atoms. The second-order valence-electron chi connectivity index (χ2n) is 6.82. The van der Waals surface area contributed by atoms with Crippen LogP contribution in [0.5, 0.6) is 0 Å². The van der Waals surface area contributed by atoms with Crippen LogP contribution in [0.25, 0.3) is 5.57 Å². The van der Waals surface area contributed by atoms with E-state index in [2.05, 4.69) is 34.7 Å². The summed E-state index contributed by atoms with van der Waals surface area (Å²) in [6.07, 6.45) is 2.32. The van der Waals surface area contributed by atoms with E-state index in [4.69, 9.17) is 0 Å². The number of fused-ring (bicyclic) bond motifs is 1. The minimum atomic E-state index is -0.482. The molecule has 7 heteroatoms. The number of benzene rings is 2. The van der Waals surface area contributed by atoms with Crippen LogP contribution in [0.4, 0.5) is 25.8 Å². The van der Waals surface area contributed by atoms with Crippen LogP contribution in [0.2, 0.25) is 0 Å². The SMILES string of the molecule is CCN(CC)CCCNc1ccc(N/C=C2\C(=O)Nc3cccc(F)c32)cc1F. The van der Waals surface area contributed by atoms with Gasteiger partial charge in [0.2, 0.25) is 0 Å². The molecule has 0 fully saturated rings. The first-order valence-corrected chi connectivity index (χ1v) is 9.86. The van der Waals surface area contributed by atoms with Crippen LogP contribution in [0, 0.1) is 11.6 Å². The number of nitrogens with one attached hydrogen (secondary N) is 3. The van der Waals surface area contributed by atoms with Crippen molar-refractivity contribution in [3.05, 3.63) is 59.8 Å². The van der Waals surface area contributed by atoms with Crippen LogP contribution in [0.3, 0.4) is 0 Å². The minimum Gasteiger partial charge on any atom is -0.383 e. The highest BCUT2D eigenvalue weighted by Crippen LogP contribution is 2.33. The zero-order chi connectivity index (χ0) is 20.8. The van der Waals surface area contributed by atoms with Crippen LogP contribution < -0.4 is 16.0 Å². The van der Waals surface area contributed by atoms with E-state index in [1.807, 2.05) is 0 Å². The largest absolute Gasteiger partial charge is 0.383 e. The second kappa shape index (κ2) is 9.52. The van der Waals surface area contributed by atoms with Gasteiger partial charge in [-0.3, -0.25) is 4.79 Å². The predicted octanol–water partition coefficient (Wildman–Crippen LogP) is 4.51. The fraction of sp³-hybridized carbons (Fsp3) is 0.318. The van der Waals surface area contributed by atoms with E-state index in [0.29, 0.717) is 23.6 Å². The normalized spacial score (nSPS) is 14.2. The number of nitrogens with zero attached hydrogens (tertiary/aromatic N) is 1. The lowest BCUT2D eigenvalue weighted by atomic mass is 10.1. The average molecular weight is 400 g/mol. The molecule has 5 nitrogen and oxygen atoms in total. The first-order valence-electron chi connectivity index (χ1n) is 9.86. The molecule has 0 unspecified atom stereocenters. The maximum absolute atomic E-state index is 14.4. The minimum absolute atomic E-state index is 0.178. The standard InChI is InChI=1S/C22H26F2N4O/c1-3-28(4-2)12-6-11-25-19-10-9-15(13-18(19)24)26-14-16-21-17(23)7-5-8-20(21)27-22(16)29/h5,7-10,13-14,25-26H,3-4,6,11-12H2,1-2H3,(H,27,29)/b16-14-. The quantitative estimate of drug-likeness (QED) is 0.428. The fourth-order valence-electron chi connectivity index (χ4n) is 3.31. The van der Waals surface area contributed by atoms with E-state index in [1.165, 1.54) is 24.4 Å². The molecule has 2 aromatic carbocycles. The molecule has 154 valence electrons. The molecule has 1 amide bonds. The van der Waals surface area contributed by atoms with Crippen LogP contribution >= 0.6 is 0 Å². The lowest BCUT2D eigenvalue weighted by Gasteiger charge is -2.18. The highest BCUT2D eigenvalue weighted by Gasteiger charge is 2.27. The number of halogens is 2. The third kappa shape index (κ3) is 4.92. The number of hydrogen-bond donors (Lipinski definition) is 3. The first-order chi connectivity index (χ1) is 14.0. The summed E-state index contributed by atoms with van der Waals surface area (Å²) in [5.41, 5.74) is 1.73. The van der Waals surface area contributed by atoms with Crippen LogP contribution in [0.15, 0.2) is 42.6 Å². The highest BCUT2D eigenvalue weighted by molar-refractivity contribution is 6.31. The molecule has 29 heavy (non-hydrogen) atoms. The van der Waals surface area contributed by atoms with E-state index in [0.717, 1.165) is 26.1 Å². The smallest absolute Gasteiger partial charge is 0.257 e. The van der Waals surface area contributed by atoms with Gasteiger partial charge in [0.25, 0.3) is 5.91 Å². The van der Waals surface area contributed by atoms with Crippen molar-refractivity contribution in [3.8, 4) is 0 Å². The highest BCUT2D eigenvalue weighted by atomic mass is 19.1.